The standard InChI is InChI=1S/C17H22FN3O2S/c18-14-3-1-2-4-15(14)24-12-17(23)21-9-7-20(8-10-21)11-16(22)19-13-5-6-13/h1-4,13H,5-12H2,(H,19,22). The molecule has 0 unspecified atom stereocenters. The Morgan fingerprint density at radius 3 is 2.54 bits per heavy atom. The van der Waals surface area contributed by atoms with Gasteiger partial charge >= 0.3 is 0 Å². The molecule has 1 heterocycles. The Bertz CT molecular complexity index is 601. The minimum atomic E-state index is -0.290. The lowest BCUT2D eigenvalue weighted by atomic mass is 10.3. The van der Waals surface area contributed by atoms with Crippen LogP contribution in [0.3, 0.4) is 0 Å². The summed E-state index contributed by atoms with van der Waals surface area (Å²) in [5.74, 6) is 0.0443. The number of thioether (sulfide) groups is 1. The highest BCUT2D eigenvalue weighted by Gasteiger charge is 2.26. The fourth-order valence-electron chi connectivity index (χ4n) is 2.65. The van der Waals surface area contributed by atoms with Crippen molar-refractivity contribution in [3.05, 3.63) is 30.1 Å². The van der Waals surface area contributed by atoms with Crippen molar-refractivity contribution in [2.45, 2.75) is 23.8 Å². The van der Waals surface area contributed by atoms with Crippen molar-refractivity contribution in [3.63, 3.8) is 0 Å². The van der Waals surface area contributed by atoms with Gasteiger partial charge in [-0.1, -0.05) is 12.1 Å². The molecule has 1 aliphatic heterocycles. The summed E-state index contributed by atoms with van der Waals surface area (Å²) in [7, 11) is 0. The number of benzene rings is 1. The summed E-state index contributed by atoms with van der Waals surface area (Å²) in [5, 5.41) is 2.98. The van der Waals surface area contributed by atoms with E-state index < -0.39 is 0 Å². The van der Waals surface area contributed by atoms with Crippen molar-refractivity contribution in [1.82, 2.24) is 15.1 Å². The maximum Gasteiger partial charge on any atom is 0.234 e. The second-order valence-corrected chi connectivity index (χ2v) is 7.23. The van der Waals surface area contributed by atoms with Gasteiger partial charge in [0.15, 0.2) is 0 Å². The van der Waals surface area contributed by atoms with E-state index in [1.54, 1.807) is 23.1 Å². The molecular formula is C17H22FN3O2S. The molecule has 7 heteroatoms. The van der Waals surface area contributed by atoms with Gasteiger partial charge in [-0.2, -0.15) is 0 Å². The van der Waals surface area contributed by atoms with E-state index in [4.69, 9.17) is 0 Å². The summed E-state index contributed by atoms with van der Waals surface area (Å²) < 4.78 is 13.6. The number of carbonyl (C=O) groups excluding carboxylic acids is 2. The maximum absolute atomic E-state index is 13.6. The number of halogens is 1. The zero-order valence-corrected chi connectivity index (χ0v) is 14.4. The van der Waals surface area contributed by atoms with Crippen LogP contribution in [0, 0.1) is 5.82 Å². The smallest absolute Gasteiger partial charge is 0.234 e. The highest BCUT2D eigenvalue weighted by atomic mass is 32.2. The van der Waals surface area contributed by atoms with Crippen LogP contribution in [0.2, 0.25) is 0 Å². The Labute approximate surface area is 145 Å². The summed E-state index contributed by atoms with van der Waals surface area (Å²) in [5.41, 5.74) is 0. The fourth-order valence-corrected chi connectivity index (χ4v) is 3.49. The van der Waals surface area contributed by atoms with Gasteiger partial charge in [-0.25, -0.2) is 4.39 Å². The maximum atomic E-state index is 13.6. The van der Waals surface area contributed by atoms with Crippen LogP contribution in [0.15, 0.2) is 29.2 Å². The van der Waals surface area contributed by atoms with E-state index >= 15 is 0 Å². The van der Waals surface area contributed by atoms with Crippen molar-refractivity contribution >= 4 is 23.6 Å². The van der Waals surface area contributed by atoms with Gasteiger partial charge in [-0.05, 0) is 25.0 Å². The van der Waals surface area contributed by atoms with Gasteiger partial charge in [0.1, 0.15) is 5.82 Å². The van der Waals surface area contributed by atoms with Gasteiger partial charge in [-0.15, -0.1) is 11.8 Å². The van der Waals surface area contributed by atoms with Gasteiger partial charge in [0, 0.05) is 37.1 Å². The van der Waals surface area contributed by atoms with Crippen molar-refractivity contribution < 1.29 is 14.0 Å². The lowest BCUT2D eigenvalue weighted by Gasteiger charge is -2.34. The molecule has 1 aromatic carbocycles. The van der Waals surface area contributed by atoms with Crippen molar-refractivity contribution in [3.8, 4) is 0 Å². The third-order valence-corrected chi connectivity index (χ3v) is 5.26. The van der Waals surface area contributed by atoms with E-state index in [2.05, 4.69) is 10.2 Å². The van der Waals surface area contributed by atoms with Crippen molar-refractivity contribution in [2.24, 2.45) is 0 Å². The first-order chi connectivity index (χ1) is 11.6. The quantitative estimate of drug-likeness (QED) is 0.786. The first-order valence-corrected chi connectivity index (χ1v) is 9.27. The van der Waals surface area contributed by atoms with Crippen LogP contribution in [0.4, 0.5) is 4.39 Å². The molecule has 1 N–H and O–H groups in total. The summed E-state index contributed by atoms with van der Waals surface area (Å²) >= 11 is 1.23. The van der Waals surface area contributed by atoms with Crippen LogP contribution >= 0.6 is 11.8 Å². The number of amides is 2. The predicted octanol–water partition coefficient (Wildman–Crippen LogP) is 1.34. The number of piperazine rings is 1. The SMILES string of the molecule is O=C(CN1CCN(C(=O)CSc2ccccc2F)CC1)NC1CC1. The van der Waals surface area contributed by atoms with E-state index in [1.807, 2.05) is 0 Å². The number of hydrogen-bond acceptors (Lipinski definition) is 4. The molecule has 0 radical (unpaired) electrons. The fraction of sp³-hybridized carbons (Fsp3) is 0.529. The summed E-state index contributed by atoms with van der Waals surface area (Å²) in [4.78, 5) is 28.4. The first-order valence-electron chi connectivity index (χ1n) is 8.28. The molecule has 0 atom stereocenters. The van der Waals surface area contributed by atoms with E-state index in [0.717, 1.165) is 12.8 Å². The van der Waals surface area contributed by atoms with Gasteiger partial charge < -0.3 is 10.2 Å². The third-order valence-electron chi connectivity index (χ3n) is 4.22. The second-order valence-electron chi connectivity index (χ2n) is 6.22. The minimum Gasteiger partial charge on any atom is -0.352 e. The Morgan fingerprint density at radius 2 is 1.88 bits per heavy atom. The number of nitrogens with one attached hydrogen (secondary N) is 1. The van der Waals surface area contributed by atoms with Gasteiger partial charge in [0.2, 0.25) is 11.8 Å². The van der Waals surface area contributed by atoms with E-state index in [-0.39, 0.29) is 23.4 Å². The number of carbonyl (C=O) groups is 2. The summed E-state index contributed by atoms with van der Waals surface area (Å²) in [6, 6.07) is 6.87. The zero-order valence-electron chi connectivity index (χ0n) is 13.5. The third kappa shape index (κ3) is 4.95. The average Bonchev–Trinajstić information content (AvgIpc) is 3.38. The zero-order chi connectivity index (χ0) is 16.9. The molecule has 2 fully saturated rings. The number of nitrogens with zero attached hydrogens (tertiary/aromatic N) is 2. The molecule has 24 heavy (non-hydrogen) atoms. The monoisotopic (exact) mass is 351 g/mol. The molecule has 5 nitrogen and oxygen atoms in total. The first kappa shape index (κ1) is 17.2. The predicted molar refractivity (Wildman–Crippen MR) is 91.3 cm³/mol. The van der Waals surface area contributed by atoms with E-state index in [9.17, 15) is 14.0 Å². The average molecular weight is 351 g/mol. The van der Waals surface area contributed by atoms with Gasteiger partial charge in [-0.3, -0.25) is 14.5 Å². The molecule has 3 rings (SSSR count). The molecule has 0 bridgehead atoms. The van der Waals surface area contributed by atoms with Crippen LogP contribution < -0.4 is 5.32 Å². The molecule has 1 saturated heterocycles. The molecule has 1 saturated carbocycles. The Morgan fingerprint density at radius 1 is 1.17 bits per heavy atom. The second kappa shape index (κ2) is 7.98. The summed E-state index contributed by atoms with van der Waals surface area (Å²) in [6.07, 6.45) is 2.18. The minimum absolute atomic E-state index is 0.0188. The Kier molecular flexibility index (Phi) is 5.73. The molecule has 130 valence electrons. The van der Waals surface area contributed by atoms with Crippen LogP contribution in [0.5, 0.6) is 0 Å². The molecule has 1 aliphatic carbocycles. The van der Waals surface area contributed by atoms with Crippen LogP contribution in [-0.4, -0.2) is 66.1 Å². The lowest BCUT2D eigenvalue weighted by molar-refractivity contribution is -0.130. The van der Waals surface area contributed by atoms with Gasteiger partial charge in [0.05, 0.1) is 12.3 Å². The van der Waals surface area contributed by atoms with Gasteiger partial charge in [0.25, 0.3) is 0 Å². The Balaban J connectivity index is 1.38. The van der Waals surface area contributed by atoms with Crippen LogP contribution in [-0.2, 0) is 9.59 Å². The molecule has 0 spiro atoms. The molecule has 2 aliphatic rings. The van der Waals surface area contributed by atoms with E-state index in [1.165, 1.54) is 17.8 Å². The molecule has 0 aromatic heterocycles. The topological polar surface area (TPSA) is 52.7 Å². The molecule has 2 amide bonds. The summed E-state index contributed by atoms with van der Waals surface area (Å²) in [6.45, 7) is 3.05. The van der Waals surface area contributed by atoms with Crippen LogP contribution in [0.1, 0.15) is 12.8 Å². The number of rotatable bonds is 6. The highest BCUT2D eigenvalue weighted by Crippen LogP contribution is 2.22. The van der Waals surface area contributed by atoms with Crippen molar-refractivity contribution in [2.75, 3.05) is 38.5 Å². The molecular weight excluding hydrogens is 329 g/mol. The van der Waals surface area contributed by atoms with Crippen LogP contribution in [0.25, 0.3) is 0 Å². The molecule has 1 aromatic rings. The largest absolute Gasteiger partial charge is 0.352 e. The number of hydrogen-bond donors (Lipinski definition) is 1. The normalized spacial score (nSPS) is 18.5. The highest BCUT2D eigenvalue weighted by molar-refractivity contribution is 8.00. The Hall–Kier alpha value is -1.60. The van der Waals surface area contributed by atoms with E-state index in [0.29, 0.717) is 43.7 Å². The van der Waals surface area contributed by atoms with Crippen molar-refractivity contribution in [1.29, 1.82) is 0 Å². The lowest BCUT2D eigenvalue weighted by Crippen LogP contribution is -2.51.